The maximum absolute atomic E-state index is 12.5. The average Bonchev–Trinajstić information content (AvgIpc) is 2.61. The van der Waals surface area contributed by atoms with E-state index in [2.05, 4.69) is 5.32 Å². The number of amides is 1. The van der Waals surface area contributed by atoms with Gasteiger partial charge in [0, 0.05) is 5.56 Å². The predicted molar refractivity (Wildman–Crippen MR) is 99.4 cm³/mol. The summed E-state index contributed by atoms with van der Waals surface area (Å²) in [5, 5.41) is 2.81. The van der Waals surface area contributed by atoms with Gasteiger partial charge in [-0.1, -0.05) is 6.07 Å². The lowest BCUT2D eigenvalue weighted by atomic mass is 10.1. The second kappa shape index (κ2) is 8.38. The van der Waals surface area contributed by atoms with Crippen molar-refractivity contribution in [1.82, 2.24) is 0 Å². The standard InChI is InChI=1S/C20H23NO5/c1-12-6-8-17(24-4)16(10-12)21-20(23)14(3)26-18-9-7-15(13(2)22)11-19(18)25-5/h6-11,14H,1-5H3,(H,21,23)/t14-/m0/s1. The summed E-state index contributed by atoms with van der Waals surface area (Å²) < 4.78 is 16.2. The first-order valence-electron chi connectivity index (χ1n) is 8.16. The van der Waals surface area contributed by atoms with E-state index in [0.717, 1.165) is 5.56 Å². The molecule has 0 fully saturated rings. The van der Waals surface area contributed by atoms with Crippen LogP contribution in [0.1, 0.15) is 29.8 Å². The lowest BCUT2D eigenvalue weighted by Gasteiger charge is -2.18. The van der Waals surface area contributed by atoms with E-state index in [0.29, 0.717) is 28.5 Å². The molecule has 6 nitrogen and oxygen atoms in total. The van der Waals surface area contributed by atoms with Crippen LogP contribution in [0.15, 0.2) is 36.4 Å². The van der Waals surface area contributed by atoms with Crippen LogP contribution >= 0.6 is 0 Å². The molecule has 0 aliphatic carbocycles. The summed E-state index contributed by atoms with van der Waals surface area (Å²) in [6.07, 6.45) is -0.780. The maximum atomic E-state index is 12.5. The molecule has 138 valence electrons. The number of rotatable bonds is 7. The molecule has 0 radical (unpaired) electrons. The van der Waals surface area contributed by atoms with Crippen molar-refractivity contribution in [3.63, 3.8) is 0 Å². The summed E-state index contributed by atoms with van der Waals surface area (Å²) in [4.78, 5) is 24.0. The summed E-state index contributed by atoms with van der Waals surface area (Å²) in [6.45, 7) is 5.03. The summed E-state index contributed by atoms with van der Waals surface area (Å²) in [6, 6.07) is 10.4. The number of ether oxygens (including phenoxy) is 3. The van der Waals surface area contributed by atoms with Crippen LogP contribution in [0.3, 0.4) is 0 Å². The Morgan fingerprint density at radius 3 is 2.23 bits per heavy atom. The van der Waals surface area contributed by atoms with Gasteiger partial charge >= 0.3 is 0 Å². The van der Waals surface area contributed by atoms with Crippen molar-refractivity contribution in [1.29, 1.82) is 0 Å². The Morgan fingerprint density at radius 2 is 1.62 bits per heavy atom. The number of carbonyl (C=O) groups is 2. The van der Waals surface area contributed by atoms with Gasteiger partial charge in [0.1, 0.15) is 5.75 Å². The fraction of sp³-hybridized carbons (Fsp3) is 0.300. The number of aryl methyl sites for hydroxylation is 1. The molecule has 0 aliphatic rings. The highest BCUT2D eigenvalue weighted by Gasteiger charge is 2.19. The minimum absolute atomic E-state index is 0.0767. The molecule has 0 aliphatic heterocycles. The molecule has 2 aromatic rings. The molecule has 0 saturated heterocycles. The predicted octanol–water partition coefficient (Wildman–Crippen LogP) is 3.62. The van der Waals surface area contributed by atoms with E-state index in [1.807, 2.05) is 19.1 Å². The molecule has 1 N–H and O–H groups in total. The highest BCUT2D eigenvalue weighted by molar-refractivity contribution is 5.96. The third-order valence-electron chi connectivity index (χ3n) is 3.86. The molecule has 0 bridgehead atoms. The Bertz CT molecular complexity index is 816. The van der Waals surface area contributed by atoms with Crippen LogP contribution in [0.4, 0.5) is 5.69 Å². The van der Waals surface area contributed by atoms with Crippen LogP contribution in [0.2, 0.25) is 0 Å². The third kappa shape index (κ3) is 4.53. The quantitative estimate of drug-likeness (QED) is 0.766. The van der Waals surface area contributed by atoms with E-state index in [-0.39, 0.29) is 11.7 Å². The topological polar surface area (TPSA) is 73.9 Å². The zero-order valence-electron chi connectivity index (χ0n) is 15.6. The zero-order chi connectivity index (χ0) is 19.3. The number of anilines is 1. The van der Waals surface area contributed by atoms with Gasteiger partial charge in [-0.2, -0.15) is 0 Å². The van der Waals surface area contributed by atoms with Crippen molar-refractivity contribution in [3.05, 3.63) is 47.5 Å². The number of nitrogens with one attached hydrogen (secondary N) is 1. The monoisotopic (exact) mass is 357 g/mol. The molecule has 2 aromatic carbocycles. The van der Waals surface area contributed by atoms with E-state index >= 15 is 0 Å². The zero-order valence-corrected chi connectivity index (χ0v) is 15.6. The van der Waals surface area contributed by atoms with Gasteiger partial charge in [0.25, 0.3) is 5.91 Å². The Morgan fingerprint density at radius 1 is 0.962 bits per heavy atom. The molecular weight excluding hydrogens is 334 g/mol. The van der Waals surface area contributed by atoms with Crippen molar-refractivity contribution in [2.24, 2.45) is 0 Å². The number of ketones is 1. The number of benzene rings is 2. The van der Waals surface area contributed by atoms with E-state index in [9.17, 15) is 9.59 Å². The molecule has 0 saturated carbocycles. The summed E-state index contributed by atoms with van der Waals surface area (Å²) in [5.74, 6) is 0.945. The molecule has 0 aromatic heterocycles. The summed E-state index contributed by atoms with van der Waals surface area (Å²) in [7, 11) is 3.02. The highest BCUT2D eigenvalue weighted by atomic mass is 16.5. The number of hydrogen-bond donors (Lipinski definition) is 1. The van der Waals surface area contributed by atoms with Crippen LogP contribution in [0.25, 0.3) is 0 Å². The van der Waals surface area contributed by atoms with Crippen LogP contribution in [0, 0.1) is 6.92 Å². The minimum Gasteiger partial charge on any atom is -0.495 e. The lowest BCUT2D eigenvalue weighted by Crippen LogP contribution is -2.30. The Balaban J connectivity index is 2.15. The maximum Gasteiger partial charge on any atom is 0.265 e. The van der Waals surface area contributed by atoms with E-state index < -0.39 is 6.10 Å². The SMILES string of the molecule is COc1ccc(C)cc1NC(=O)[C@H](C)Oc1ccc(C(C)=O)cc1OC. The molecule has 1 atom stereocenters. The Hall–Kier alpha value is -3.02. The van der Waals surface area contributed by atoms with Gasteiger partial charge in [-0.3, -0.25) is 9.59 Å². The van der Waals surface area contributed by atoms with Gasteiger partial charge in [0.2, 0.25) is 0 Å². The first-order chi connectivity index (χ1) is 12.3. The second-order valence-electron chi connectivity index (χ2n) is 5.87. The third-order valence-corrected chi connectivity index (χ3v) is 3.86. The fourth-order valence-corrected chi connectivity index (χ4v) is 2.38. The molecular formula is C20H23NO5. The molecule has 1 amide bonds. The Labute approximate surface area is 153 Å². The van der Waals surface area contributed by atoms with Gasteiger partial charge in [-0.25, -0.2) is 0 Å². The molecule has 0 spiro atoms. The first-order valence-corrected chi connectivity index (χ1v) is 8.16. The smallest absolute Gasteiger partial charge is 0.265 e. The van der Waals surface area contributed by atoms with Gasteiger partial charge in [-0.15, -0.1) is 0 Å². The van der Waals surface area contributed by atoms with Gasteiger partial charge in [0.15, 0.2) is 23.4 Å². The lowest BCUT2D eigenvalue weighted by molar-refractivity contribution is -0.122. The minimum atomic E-state index is -0.780. The van der Waals surface area contributed by atoms with Crippen molar-refractivity contribution in [2.75, 3.05) is 19.5 Å². The van der Waals surface area contributed by atoms with E-state index in [1.54, 1.807) is 38.3 Å². The molecule has 26 heavy (non-hydrogen) atoms. The largest absolute Gasteiger partial charge is 0.495 e. The summed E-state index contributed by atoms with van der Waals surface area (Å²) >= 11 is 0. The van der Waals surface area contributed by atoms with Crippen LogP contribution in [-0.4, -0.2) is 32.0 Å². The normalized spacial score (nSPS) is 11.4. The molecule has 0 heterocycles. The molecule has 0 unspecified atom stereocenters. The highest BCUT2D eigenvalue weighted by Crippen LogP contribution is 2.30. The van der Waals surface area contributed by atoms with Crippen LogP contribution in [-0.2, 0) is 4.79 Å². The molecule has 6 heteroatoms. The first kappa shape index (κ1) is 19.3. The molecule has 2 rings (SSSR count). The van der Waals surface area contributed by atoms with Crippen molar-refractivity contribution >= 4 is 17.4 Å². The van der Waals surface area contributed by atoms with E-state index in [4.69, 9.17) is 14.2 Å². The van der Waals surface area contributed by atoms with Crippen molar-refractivity contribution in [2.45, 2.75) is 26.9 Å². The fourth-order valence-electron chi connectivity index (χ4n) is 2.38. The number of hydrogen-bond acceptors (Lipinski definition) is 5. The van der Waals surface area contributed by atoms with E-state index in [1.165, 1.54) is 14.0 Å². The van der Waals surface area contributed by atoms with Gasteiger partial charge in [-0.05, 0) is 56.7 Å². The average molecular weight is 357 g/mol. The number of methoxy groups -OCH3 is 2. The van der Waals surface area contributed by atoms with Crippen molar-refractivity contribution < 1.29 is 23.8 Å². The van der Waals surface area contributed by atoms with Crippen LogP contribution in [0.5, 0.6) is 17.2 Å². The van der Waals surface area contributed by atoms with Crippen molar-refractivity contribution in [3.8, 4) is 17.2 Å². The number of Topliss-reactive ketones (excluding diaryl/α,β-unsaturated/α-hetero) is 1. The summed E-state index contributed by atoms with van der Waals surface area (Å²) in [5.41, 5.74) is 2.08. The number of carbonyl (C=O) groups excluding carboxylic acids is 2. The van der Waals surface area contributed by atoms with Gasteiger partial charge < -0.3 is 19.5 Å². The Kier molecular flexibility index (Phi) is 6.22. The second-order valence-corrected chi connectivity index (χ2v) is 5.87. The van der Waals surface area contributed by atoms with Gasteiger partial charge in [0.05, 0.1) is 19.9 Å². The van der Waals surface area contributed by atoms with Crippen LogP contribution < -0.4 is 19.5 Å².